The Morgan fingerprint density at radius 1 is 0.962 bits per heavy atom. The van der Waals surface area contributed by atoms with Crippen molar-refractivity contribution in [1.82, 2.24) is 15.0 Å². The van der Waals surface area contributed by atoms with Crippen molar-refractivity contribution in [2.75, 3.05) is 34.4 Å². The van der Waals surface area contributed by atoms with E-state index in [1.165, 1.54) is 0 Å². The smallest absolute Gasteiger partial charge is 0.264 e. The zero-order chi connectivity index (χ0) is 36.4. The Balaban J connectivity index is 1.10. The molecule has 11 nitrogen and oxygen atoms in total. The largest absolute Gasteiger partial charge is 0.395 e. The van der Waals surface area contributed by atoms with Gasteiger partial charge in [0.2, 0.25) is 20.2 Å². The van der Waals surface area contributed by atoms with Crippen LogP contribution in [0.2, 0.25) is 18.6 Å². The zero-order valence-electron chi connectivity index (χ0n) is 29.6. The fraction of sp³-hybridized carbons (Fsp3) is 0.410. The number of aliphatic hydroxyl groups excluding tert-OH is 1. The monoisotopic (exact) mass is 722 g/mol. The summed E-state index contributed by atoms with van der Waals surface area (Å²) in [5.74, 6) is -0.952. The Morgan fingerprint density at radius 3 is 2.25 bits per heavy atom. The SMILES string of the molecule is C[C@@H]1[C@@H]([Si](C)(C)F)[C@H](CCn2cc(C(CO)c3ccccc3)nn2)O[C@@]12C(=O)N(Cc1ccc(N3CCC3=O)cc1)c1ccc(N3CCC3=O)cc12. The molecule has 5 atom stereocenters. The van der Waals surface area contributed by atoms with Gasteiger partial charge in [0.05, 0.1) is 36.6 Å². The van der Waals surface area contributed by atoms with Crippen LogP contribution in [0.3, 0.4) is 0 Å². The predicted octanol–water partition coefficient (Wildman–Crippen LogP) is 5.29. The number of aromatic nitrogens is 3. The lowest BCUT2D eigenvalue weighted by Crippen LogP contribution is -2.45. The van der Waals surface area contributed by atoms with Crippen molar-refractivity contribution in [3.8, 4) is 0 Å². The molecule has 0 saturated carbocycles. The second kappa shape index (κ2) is 13.0. The molecule has 4 aromatic rings. The van der Waals surface area contributed by atoms with E-state index in [1.807, 2.05) is 85.9 Å². The molecular weight excluding hydrogens is 680 g/mol. The minimum Gasteiger partial charge on any atom is -0.395 e. The van der Waals surface area contributed by atoms with Crippen LogP contribution in [-0.4, -0.2) is 72.0 Å². The molecule has 3 aromatic carbocycles. The summed E-state index contributed by atoms with van der Waals surface area (Å²) in [5.41, 5.74) is 3.37. The number of halogens is 1. The first-order chi connectivity index (χ1) is 25.0. The van der Waals surface area contributed by atoms with Crippen LogP contribution >= 0.6 is 0 Å². The fourth-order valence-electron chi connectivity index (χ4n) is 8.67. The lowest BCUT2D eigenvalue weighted by atomic mass is 9.82. The van der Waals surface area contributed by atoms with Crippen LogP contribution in [0.15, 0.2) is 79.0 Å². The van der Waals surface area contributed by atoms with Gasteiger partial charge in [-0.25, -0.2) is 0 Å². The Labute approximate surface area is 303 Å². The van der Waals surface area contributed by atoms with Crippen molar-refractivity contribution in [3.63, 3.8) is 0 Å². The van der Waals surface area contributed by atoms with Gasteiger partial charge >= 0.3 is 0 Å². The van der Waals surface area contributed by atoms with Gasteiger partial charge in [-0.05, 0) is 61.0 Å². The number of anilines is 3. The molecule has 1 N–H and O–H groups in total. The number of nitrogens with zero attached hydrogens (tertiary/aromatic N) is 6. The van der Waals surface area contributed by atoms with Gasteiger partial charge in [0.1, 0.15) is 0 Å². The van der Waals surface area contributed by atoms with Gasteiger partial charge in [-0.2, -0.15) is 0 Å². The molecule has 4 aliphatic rings. The van der Waals surface area contributed by atoms with E-state index in [-0.39, 0.29) is 36.8 Å². The van der Waals surface area contributed by atoms with Crippen LogP contribution in [0.1, 0.15) is 54.5 Å². The highest BCUT2D eigenvalue weighted by molar-refractivity contribution is 6.72. The lowest BCUT2D eigenvalue weighted by molar-refractivity contribution is -0.146. The summed E-state index contributed by atoms with van der Waals surface area (Å²) in [6.07, 6.45) is 2.64. The summed E-state index contributed by atoms with van der Waals surface area (Å²) in [7, 11) is -3.43. The second-order valence-electron chi connectivity index (χ2n) is 15.0. The summed E-state index contributed by atoms with van der Waals surface area (Å²) in [5, 5.41) is 18.9. The van der Waals surface area contributed by atoms with Gasteiger partial charge in [0, 0.05) is 67.1 Å². The summed E-state index contributed by atoms with van der Waals surface area (Å²) in [6.45, 7) is 7.12. The van der Waals surface area contributed by atoms with Gasteiger partial charge in [0.15, 0.2) is 5.60 Å². The van der Waals surface area contributed by atoms with Crippen LogP contribution in [0, 0.1) is 5.92 Å². The molecule has 3 fully saturated rings. The molecule has 52 heavy (non-hydrogen) atoms. The Hall–Kier alpha value is -4.72. The summed E-state index contributed by atoms with van der Waals surface area (Å²) < 4.78 is 25.2. The van der Waals surface area contributed by atoms with Crippen molar-refractivity contribution in [1.29, 1.82) is 0 Å². The first kappa shape index (κ1) is 34.4. The number of rotatable bonds is 11. The summed E-state index contributed by atoms with van der Waals surface area (Å²) in [6, 6.07) is 23.0. The van der Waals surface area contributed by atoms with Crippen molar-refractivity contribution in [3.05, 3.63) is 101 Å². The molecule has 0 bridgehead atoms. The molecule has 3 saturated heterocycles. The van der Waals surface area contributed by atoms with Gasteiger partial charge in [-0.3, -0.25) is 19.1 Å². The highest BCUT2D eigenvalue weighted by atomic mass is 28.4. The van der Waals surface area contributed by atoms with Crippen molar-refractivity contribution in [2.45, 2.75) is 75.5 Å². The normalized spacial score (nSPS) is 24.8. The van der Waals surface area contributed by atoms with Crippen LogP contribution < -0.4 is 14.7 Å². The van der Waals surface area contributed by atoms with E-state index in [0.717, 1.165) is 16.8 Å². The van der Waals surface area contributed by atoms with E-state index in [9.17, 15) is 19.5 Å². The molecule has 0 radical (unpaired) electrons. The molecule has 1 unspecified atom stereocenters. The number of ether oxygens (including phenoxy) is 1. The molecule has 270 valence electrons. The van der Waals surface area contributed by atoms with Crippen LogP contribution in [-0.2, 0) is 37.8 Å². The molecule has 1 spiro atoms. The third-order valence-electron chi connectivity index (χ3n) is 11.5. The summed E-state index contributed by atoms with van der Waals surface area (Å²) >= 11 is 0. The average molecular weight is 723 g/mol. The quantitative estimate of drug-likeness (QED) is 0.127. The number of carbonyl (C=O) groups is 3. The van der Waals surface area contributed by atoms with E-state index >= 15 is 4.11 Å². The molecule has 8 rings (SSSR count). The Morgan fingerprint density at radius 2 is 1.63 bits per heavy atom. The number of aryl methyl sites for hydroxylation is 1. The van der Waals surface area contributed by atoms with Crippen LogP contribution in [0.5, 0.6) is 0 Å². The number of aliphatic hydroxyl groups is 1. The molecule has 1 aromatic heterocycles. The van der Waals surface area contributed by atoms with E-state index in [0.29, 0.717) is 61.5 Å². The standard InChI is InChI=1S/C39H43FN6O5Si/c1-25-37(52(2,3)40)34(15-18-43-23-32(41-42-43)30(24-47)27-7-5-4-6-8-27)51-39(25)31-21-29(45-20-17-36(45)49)13-14-33(31)46(38(39)50)22-26-9-11-28(12-10-26)44-19-16-35(44)48/h4-14,21,23,25,30,34,37,47H,15-20,22,24H2,1-3H3/t25-,30?,34+,37-,39+/m1/s1. The molecule has 0 aliphatic carbocycles. The molecule has 3 amide bonds. The predicted molar refractivity (Wildman–Crippen MR) is 196 cm³/mol. The number of amides is 3. The number of benzene rings is 3. The third-order valence-corrected chi connectivity index (χ3v) is 13.9. The Bertz CT molecular complexity index is 2020. The third kappa shape index (κ3) is 5.66. The molecule has 5 heterocycles. The maximum Gasteiger partial charge on any atom is 0.264 e. The molecular formula is C39H43FN6O5Si. The number of hydrogen-bond acceptors (Lipinski definition) is 7. The minimum absolute atomic E-state index is 0.0206. The van der Waals surface area contributed by atoms with Gasteiger partial charge in [0.25, 0.3) is 5.91 Å². The number of β-lactam (4-membered cyclic amide) rings is 2. The van der Waals surface area contributed by atoms with Crippen molar-refractivity contribution >= 4 is 43.2 Å². The topological polar surface area (TPSA) is 121 Å². The van der Waals surface area contributed by atoms with Crippen molar-refractivity contribution in [2.24, 2.45) is 5.92 Å². The maximum absolute atomic E-state index is 16.5. The molecule has 4 aliphatic heterocycles. The number of carbonyl (C=O) groups excluding carboxylic acids is 3. The highest BCUT2D eigenvalue weighted by Crippen LogP contribution is 2.61. The lowest BCUT2D eigenvalue weighted by Gasteiger charge is -2.33. The first-order valence-corrected chi connectivity index (χ1v) is 21.0. The van der Waals surface area contributed by atoms with Crippen LogP contribution in [0.25, 0.3) is 0 Å². The van der Waals surface area contributed by atoms with Crippen molar-refractivity contribution < 1.29 is 28.3 Å². The second-order valence-corrected chi connectivity index (χ2v) is 18.8. The number of hydrogen-bond donors (Lipinski definition) is 1. The van der Waals surface area contributed by atoms with E-state index in [2.05, 4.69) is 10.3 Å². The van der Waals surface area contributed by atoms with E-state index in [4.69, 9.17) is 4.74 Å². The highest BCUT2D eigenvalue weighted by Gasteiger charge is 2.66. The van der Waals surface area contributed by atoms with Crippen LogP contribution in [0.4, 0.5) is 21.2 Å². The van der Waals surface area contributed by atoms with Gasteiger partial charge in [-0.15, -0.1) is 5.10 Å². The van der Waals surface area contributed by atoms with Gasteiger partial charge in [-0.1, -0.05) is 54.6 Å². The first-order valence-electron chi connectivity index (χ1n) is 18.1. The number of fused-ring (bicyclic) bond motifs is 2. The minimum atomic E-state index is -3.43. The average Bonchev–Trinajstić information content (AvgIpc) is 3.77. The maximum atomic E-state index is 16.5. The summed E-state index contributed by atoms with van der Waals surface area (Å²) in [4.78, 5) is 44.6. The van der Waals surface area contributed by atoms with E-state index < -0.39 is 31.6 Å². The fourth-order valence-corrected chi connectivity index (χ4v) is 11.2. The molecule has 13 heteroatoms. The van der Waals surface area contributed by atoms with Gasteiger partial charge < -0.3 is 28.7 Å². The zero-order valence-corrected chi connectivity index (χ0v) is 30.6. The Kier molecular flexibility index (Phi) is 8.62. The van der Waals surface area contributed by atoms with E-state index in [1.54, 1.807) is 32.5 Å².